The lowest BCUT2D eigenvalue weighted by atomic mass is 10.2. The molecule has 0 N–H and O–H groups in total. The van der Waals surface area contributed by atoms with Crippen LogP contribution >= 0.6 is 11.3 Å². The number of benzene rings is 1. The van der Waals surface area contributed by atoms with Crippen LogP contribution in [-0.2, 0) is 6.54 Å². The van der Waals surface area contributed by atoms with Crippen molar-refractivity contribution in [3.8, 4) is 10.8 Å². The molecule has 134 valence electrons. The van der Waals surface area contributed by atoms with Crippen LogP contribution in [0.15, 0.2) is 52.5 Å². The number of thiophene rings is 1. The zero-order valence-corrected chi connectivity index (χ0v) is 14.9. The smallest absolute Gasteiger partial charge is 0.271 e. The zero-order valence-electron chi connectivity index (χ0n) is 14.1. The summed E-state index contributed by atoms with van der Waals surface area (Å²) in [5.41, 5.74) is 1.96. The van der Waals surface area contributed by atoms with Gasteiger partial charge < -0.3 is 9.32 Å². The van der Waals surface area contributed by atoms with Gasteiger partial charge in [-0.2, -0.15) is 0 Å². The summed E-state index contributed by atoms with van der Waals surface area (Å²) in [7, 11) is 0. The van der Waals surface area contributed by atoms with E-state index in [-0.39, 0.29) is 10.6 Å². The van der Waals surface area contributed by atoms with E-state index in [1.54, 1.807) is 29.7 Å². The van der Waals surface area contributed by atoms with Crippen LogP contribution in [0.25, 0.3) is 10.8 Å². The number of rotatable bonds is 5. The van der Waals surface area contributed by atoms with Crippen molar-refractivity contribution in [3.05, 3.63) is 63.8 Å². The zero-order chi connectivity index (χ0) is 17.9. The van der Waals surface area contributed by atoms with Gasteiger partial charge in [0, 0.05) is 50.5 Å². The Morgan fingerprint density at radius 2 is 2.04 bits per heavy atom. The molecule has 0 amide bonds. The topological polar surface area (TPSA) is 75.7 Å². The average Bonchev–Trinajstić information content (AvgIpc) is 3.34. The maximum absolute atomic E-state index is 10.9. The van der Waals surface area contributed by atoms with E-state index in [9.17, 15) is 10.1 Å². The number of oxazole rings is 1. The lowest BCUT2D eigenvalue weighted by Gasteiger charge is -2.35. The van der Waals surface area contributed by atoms with E-state index in [0.717, 1.165) is 49.0 Å². The van der Waals surface area contributed by atoms with E-state index in [1.807, 2.05) is 23.6 Å². The molecule has 0 unspecified atom stereocenters. The molecule has 1 aliphatic heterocycles. The summed E-state index contributed by atoms with van der Waals surface area (Å²) in [5, 5.41) is 12.9. The van der Waals surface area contributed by atoms with Crippen LogP contribution < -0.4 is 4.90 Å². The van der Waals surface area contributed by atoms with Gasteiger partial charge in [-0.05, 0) is 17.5 Å². The average molecular weight is 370 g/mol. The quantitative estimate of drug-likeness (QED) is 0.504. The Morgan fingerprint density at radius 1 is 1.19 bits per heavy atom. The van der Waals surface area contributed by atoms with Gasteiger partial charge in [-0.25, -0.2) is 4.98 Å². The lowest BCUT2D eigenvalue weighted by Crippen LogP contribution is -2.46. The van der Waals surface area contributed by atoms with Gasteiger partial charge in [0.05, 0.1) is 15.5 Å². The molecule has 1 fully saturated rings. The number of hydrogen-bond acceptors (Lipinski definition) is 7. The van der Waals surface area contributed by atoms with Crippen LogP contribution in [0.5, 0.6) is 0 Å². The van der Waals surface area contributed by atoms with Gasteiger partial charge in [0.1, 0.15) is 6.26 Å². The molecule has 0 radical (unpaired) electrons. The number of nitro groups is 1. The molecule has 3 heterocycles. The molecular weight excluding hydrogens is 352 g/mol. The largest absolute Gasteiger partial charge is 0.444 e. The first-order chi connectivity index (χ1) is 12.7. The van der Waals surface area contributed by atoms with Crippen LogP contribution in [-0.4, -0.2) is 41.0 Å². The third kappa shape index (κ3) is 3.61. The van der Waals surface area contributed by atoms with Crippen molar-refractivity contribution < 1.29 is 9.34 Å². The van der Waals surface area contributed by atoms with Crippen molar-refractivity contribution in [2.75, 3.05) is 31.1 Å². The number of nitro benzene ring substituents is 1. The Kier molecular flexibility index (Phi) is 4.68. The fraction of sp³-hybridized carbons (Fsp3) is 0.278. The fourth-order valence-electron chi connectivity index (χ4n) is 3.09. The molecule has 0 spiro atoms. The SMILES string of the molecule is O=[N+]([O-])c1cccc(N2CCN(Cc3coc(-c4cccs4)n3)CC2)c1. The molecule has 0 aliphatic carbocycles. The molecule has 8 heteroatoms. The van der Waals surface area contributed by atoms with E-state index in [4.69, 9.17) is 4.42 Å². The molecular formula is C18H18N4O3S. The predicted molar refractivity (Wildman–Crippen MR) is 100 cm³/mol. The highest BCUT2D eigenvalue weighted by Crippen LogP contribution is 2.25. The van der Waals surface area contributed by atoms with Gasteiger partial charge in [0.25, 0.3) is 5.69 Å². The maximum atomic E-state index is 10.9. The summed E-state index contributed by atoms with van der Waals surface area (Å²) in [6.07, 6.45) is 1.72. The van der Waals surface area contributed by atoms with Crippen LogP contribution in [0.2, 0.25) is 0 Å². The Labute approximate surface area is 154 Å². The first-order valence-corrected chi connectivity index (χ1v) is 9.27. The van der Waals surface area contributed by atoms with E-state index in [0.29, 0.717) is 5.89 Å². The standard InChI is InChI=1S/C18H18N4O3S/c23-22(24)16-4-1-3-15(11-16)21-8-6-20(7-9-21)12-14-13-25-18(19-14)17-5-2-10-26-17/h1-5,10-11,13H,6-9,12H2. The van der Waals surface area contributed by atoms with E-state index in [1.165, 1.54) is 6.07 Å². The van der Waals surface area contributed by atoms with E-state index >= 15 is 0 Å². The van der Waals surface area contributed by atoms with Gasteiger partial charge >= 0.3 is 0 Å². The molecule has 1 aromatic carbocycles. The second-order valence-electron chi connectivity index (χ2n) is 6.16. The molecule has 4 rings (SSSR count). The minimum Gasteiger partial charge on any atom is -0.444 e. The lowest BCUT2D eigenvalue weighted by molar-refractivity contribution is -0.384. The number of hydrogen-bond donors (Lipinski definition) is 0. The van der Waals surface area contributed by atoms with Crippen molar-refractivity contribution in [1.82, 2.24) is 9.88 Å². The fourth-order valence-corrected chi connectivity index (χ4v) is 3.75. The van der Waals surface area contributed by atoms with Crippen LogP contribution in [0, 0.1) is 10.1 Å². The third-order valence-corrected chi connectivity index (χ3v) is 5.31. The number of non-ortho nitro benzene ring substituents is 1. The van der Waals surface area contributed by atoms with Crippen molar-refractivity contribution in [2.24, 2.45) is 0 Å². The van der Waals surface area contributed by atoms with Crippen molar-refractivity contribution >= 4 is 22.7 Å². The molecule has 1 saturated heterocycles. The van der Waals surface area contributed by atoms with Crippen molar-refractivity contribution in [1.29, 1.82) is 0 Å². The molecule has 2 aromatic heterocycles. The Bertz CT molecular complexity index is 885. The molecule has 0 bridgehead atoms. The van der Waals surface area contributed by atoms with Crippen LogP contribution in [0.4, 0.5) is 11.4 Å². The summed E-state index contributed by atoms with van der Waals surface area (Å²) in [6.45, 7) is 4.17. The van der Waals surface area contributed by atoms with Gasteiger partial charge in [-0.1, -0.05) is 12.1 Å². The first-order valence-electron chi connectivity index (χ1n) is 8.39. The summed E-state index contributed by atoms with van der Waals surface area (Å²) < 4.78 is 5.57. The molecule has 7 nitrogen and oxygen atoms in total. The third-order valence-electron chi connectivity index (χ3n) is 4.45. The molecule has 26 heavy (non-hydrogen) atoms. The Morgan fingerprint density at radius 3 is 2.77 bits per heavy atom. The molecule has 0 saturated carbocycles. The highest BCUT2D eigenvalue weighted by molar-refractivity contribution is 7.13. The second kappa shape index (κ2) is 7.27. The summed E-state index contributed by atoms with van der Waals surface area (Å²) in [6, 6.07) is 10.8. The van der Waals surface area contributed by atoms with Gasteiger partial charge in [0.15, 0.2) is 0 Å². The summed E-state index contributed by atoms with van der Waals surface area (Å²) in [5.74, 6) is 0.672. The van der Waals surface area contributed by atoms with Gasteiger partial charge in [-0.3, -0.25) is 15.0 Å². The number of anilines is 1. The Hall–Kier alpha value is -2.71. The Balaban J connectivity index is 1.35. The van der Waals surface area contributed by atoms with Gasteiger partial charge in [0.2, 0.25) is 5.89 Å². The molecule has 3 aromatic rings. The predicted octanol–water partition coefficient (Wildman–Crippen LogP) is 3.63. The molecule has 1 aliphatic rings. The highest BCUT2D eigenvalue weighted by Gasteiger charge is 2.20. The van der Waals surface area contributed by atoms with Gasteiger partial charge in [-0.15, -0.1) is 11.3 Å². The molecule has 0 atom stereocenters. The van der Waals surface area contributed by atoms with Crippen molar-refractivity contribution in [2.45, 2.75) is 6.54 Å². The maximum Gasteiger partial charge on any atom is 0.271 e. The highest BCUT2D eigenvalue weighted by atomic mass is 32.1. The van der Waals surface area contributed by atoms with Crippen LogP contribution in [0.3, 0.4) is 0 Å². The minimum absolute atomic E-state index is 0.133. The first kappa shape index (κ1) is 16.7. The minimum atomic E-state index is -0.352. The van der Waals surface area contributed by atoms with E-state index in [2.05, 4.69) is 14.8 Å². The number of nitrogens with zero attached hydrogens (tertiary/aromatic N) is 4. The van der Waals surface area contributed by atoms with Crippen LogP contribution in [0.1, 0.15) is 5.69 Å². The summed E-state index contributed by atoms with van der Waals surface area (Å²) in [4.78, 5) is 20.7. The number of piperazine rings is 1. The summed E-state index contributed by atoms with van der Waals surface area (Å²) >= 11 is 1.61. The van der Waals surface area contributed by atoms with E-state index < -0.39 is 0 Å². The second-order valence-corrected chi connectivity index (χ2v) is 7.11. The monoisotopic (exact) mass is 370 g/mol. The normalized spacial score (nSPS) is 15.3. The number of aromatic nitrogens is 1. The van der Waals surface area contributed by atoms with Crippen molar-refractivity contribution in [3.63, 3.8) is 0 Å².